The van der Waals surface area contributed by atoms with Gasteiger partial charge in [-0.05, 0) is 61.5 Å². The highest BCUT2D eigenvalue weighted by Gasteiger charge is 2.18. The monoisotopic (exact) mass is 575 g/mol. The lowest BCUT2D eigenvalue weighted by Gasteiger charge is -2.09. The van der Waals surface area contributed by atoms with Crippen LogP contribution in [0, 0.1) is 0 Å². The zero-order valence-electron chi connectivity index (χ0n) is 20.4. The van der Waals surface area contributed by atoms with Gasteiger partial charge in [-0.3, -0.25) is 15.4 Å². The van der Waals surface area contributed by atoms with Crippen LogP contribution >= 0.6 is 22.9 Å². The number of sulfone groups is 1. The molecule has 0 radical (unpaired) electrons. The zero-order chi connectivity index (χ0) is 27.1. The van der Waals surface area contributed by atoms with E-state index in [4.69, 9.17) is 16.3 Å². The van der Waals surface area contributed by atoms with Gasteiger partial charge in [0.25, 0.3) is 5.91 Å². The minimum atomic E-state index is -3.48. The van der Waals surface area contributed by atoms with Gasteiger partial charge < -0.3 is 14.6 Å². The number of methoxy groups -OCH3 is 1. The van der Waals surface area contributed by atoms with Crippen LogP contribution in [0.15, 0.2) is 65.8 Å². The highest BCUT2D eigenvalue weighted by atomic mass is 35.5. The average molecular weight is 576 g/mol. The van der Waals surface area contributed by atoms with Crippen LogP contribution in [0.2, 0.25) is 5.02 Å². The normalized spacial score (nSPS) is 11.5. The highest BCUT2D eigenvalue weighted by molar-refractivity contribution is 7.91. The van der Waals surface area contributed by atoms with E-state index in [9.17, 15) is 18.0 Å². The maximum absolute atomic E-state index is 12.7. The molecule has 0 bridgehead atoms. The van der Waals surface area contributed by atoms with Crippen molar-refractivity contribution in [2.75, 3.05) is 37.9 Å². The van der Waals surface area contributed by atoms with E-state index in [1.165, 1.54) is 6.07 Å². The lowest BCUT2D eigenvalue weighted by molar-refractivity contribution is 0.0967. The van der Waals surface area contributed by atoms with Gasteiger partial charge in [0.05, 0.1) is 38.1 Å². The Balaban J connectivity index is 1.38. The van der Waals surface area contributed by atoms with E-state index in [1.54, 1.807) is 37.4 Å². The number of urea groups is 1. The molecule has 0 unspecified atom stereocenters. The van der Waals surface area contributed by atoms with Gasteiger partial charge >= 0.3 is 6.03 Å². The topological polar surface area (TPSA) is 131 Å². The molecule has 2 aromatic carbocycles. The lowest BCUT2D eigenvalue weighted by atomic mass is 10.2. The van der Waals surface area contributed by atoms with E-state index in [-0.39, 0.29) is 26.4 Å². The SMILES string of the molecule is COCCNCCCS(=O)(=O)c1ccc2nc(NC(=O)NC(=O)c3cc(-n4cccc4)ccc3Cl)sc2c1. The first-order valence-electron chi connectivity index (χ1n) is 11.6. The van der Waals surface area contributed by atoms with Crippen LogP contribution in [0.4, 0.5) is 9.93 Å². The van der Waals surface area contributed by atoms with Crippen molar-refractivity contribution in [3.63, 3.8) is 0 Å². The Bertz CT molecular complexity index is 1540. The summed E-state index contributed by atoms with van der Waals surface area (Å²) in [6.45, 7) is 1.79. The second-order valence-corrected chi connectivity index (χ2v) is 11.8. The third-order valence-corrected chi connectivity index (χ3v) is 8.57. The molecule has 200 valence electrons. The quantitative estimate of drug-likeness (QED) is 0.229. The Morgan fingerprint density at radius 2 is 1.89 bits per heavy atom. The highest BCUT2D eigenvalue weighted by Crippen LogP contribution is 2.29. The van der Waals surface area contributed by atoms with Crippen molar-refractivity contribution >= 4 is 60.1 Å². The van der Waals surface area contributed by atoms with Crippen molar-refractivity contribution in [3.8, 4) is 5.69 Å². The summed E-state index contributed by atoms with van der Waals surface area (Å²) in [4.78, 5) is 29.7. The van der Waals surface area contributed by atoms with Crippen LogP contribution in [0.1, 0.15) is 16.8 Å². The van der Waals surface area contributed by atoms with Crippen LogP contribution in [-0.2, 0) is 14.6 Å². The van der Waals surface area contributed by atoms with Crippen molar-refractivity contribution in [1.82, 2.24) is 20.2 Å². The number of rotatable bonds is 11. The first-order valence-corrected chi connectivity index (χ1v) is 14.5. The molecule has 0 aliphatic carbocycles. The Labute approximate surface area is 228 Å². The lowest BCUT2D eigenvalue weighted by Crippen LogP contribution is -2.34. The van der Waals surface area contributed by atoms with Gasteiger partial charge in [0.2, 0.25) is 0 Å². The fourth-order valence-electron chi connectivity index (χ4n) is 3.61. The number of hydrogen-bond donors (Lipinski definition) is 3. The largest absolute Gasteiger partial charge is 0.383 e. The van der Waals surface area contributed by atoms with Gasteiger partial charge in [0, 0.05) is 31.7 Å². The molecule has 2 aromatic heterocycles. The van der Waals surface area contributed by atoms with E-state index in [1.807, 2.05) is 29.1 Å². The van der Waals surface area contributed by atoms with Crippen molar-refractivity contribution < 1.29 is 22.7 Å². The van der Waals surface area contributed by atoms with Crippen molar-refractivity contribution in [3.05, 3.63) is 71.5 Å². The van der Waals surface area contributed by atoms with Crippen molar-refractivity contribution in [2.24, 2.45) is 0 Å². The smallest absolute Gasteiger partial charge is 0.327 e. The molecular weight excluding hydrogens is 550 g/mol. The minimum Gasteiger partial charge on any atom is -0.383 e. The second kappa shape index (κ2) is 12.5. The molecule has 13 heteroatoms. The van der Waals surface area contributed by atoms with Crippen LogP contribution in [0.25, 0.3) is 15.9 Å². The molecule has 0 aliphatic rings. The molecule has 3 N–H and O–H groups in total. The Morgan fingerprint density at radius 3 is 2.66 bits per heavy atom. The fourth-order valence-corrected chi connectivity index (χ4v) is 6.12. The summed E-state index contributed by atoms with van der Waals surface area (Å²) in [6, 6.07) is 12.5. The number of hydrogen-bond acceptors (Lipinski definition) is 8. The second-order valence-electron chi connectivity index (χ2n) is 8.23. The van der Waals surface area contributed by atoms with Gasteiger partial charge in [-0.15, -0.1) is 0 Å². The molecule has 38 heavy (non-hydrogen) atoms. The molecule has 4 aromatic rings. The van der Waals surface area contributed by atoms with Crippen LogP contribution < -0.4 is 16.0 Å². The number of imide groups is 1. The van der Waals surface area contributed by atoms with E-state index < -0.39 is 21.8 Å². The summed E-state index contributed by atoms with van der Waals surface area (Å²) >= 11 is 7.30. The minimum absolute atomic E-state index is 0.00100. The Morgan fingerprint density at radius 1 is 1.11 bits per heavy atom. The van der Waals surface area contributed by atoms with E-state index in [0.29, 0.717) is 42.0 Å². The number of carbonyl (C=O) groups is 2. The number of carbonyl (C=O) groups excluding carboxylic acids is 2. The number of anilines is 1. The first-order chi connectivity index (χ1) is 18.3. The molecule has 0 saturated heterocycles. The molecule has 3 amide bonds. The third kappa shape index (κ3) is 6.97. The van der Waals surface area contributed by atoms with Crippen LogP contribution in [0.3, 0.4) is 0 Å². The molecular formula is C25H26ClN5O5S2. The maximum Gasteiger partial charge on any atom is 0.327 e. The van der Waals surface area contributed by atoms with Crippen molar-refractivity contribution in [2.45, 2.75) is 11.3 Å². The predicted octanol–water partition coefficient (Wildman–Crippen LogP) is 4.10. The van der Waals surface area contributed by atoms with E-state index in [2.05, 4.69) is 20.9 Å². The number of nitrogens with zero attached hydrogens (tertiary/aromatic N) is 2. The molecule has 4 rings (SSSR count). The summed E-state index contributed by atoms with van der Waals surface area (Å²) in [5.74, 6) is -0.672. The zero-order valence-corrected chi connectivity index (χ0v) is 22.8. The summed E-state index contributed by atoms with van der Waals surface area (Å²) in [6.07, 6.45) is 4.11. The van der Waals surface area contributed by atoms with E-state index >= 15 is 0 Å². The van der Waals surface area contributed by atoms with Gasteiger partial charge in [0.1, 0.15) is 0 Å². The number of benzene rings is 2. The molecule has 0 spiro atoms. The predicted molar refractivity (Wildman–Crippen MR) is 148 cm³/mol. The molecule has 0 fully saturated rings. The molecule has 0 saturated carbocycles. The van der Waals surface area contributed by atoms with Gasteiger partial charge in [0.15, 0.2) is 15.0 Å². The number of halogens is 1. The summed E-state index contributed by atoms with van der Waals surface area (Å²) in [5.41, 5.74) is 1.38. The number of ether oxygens (including phenoxy) is 1. The molecule has 2 heterocycles. The number of amides is 3. The van der Waals surface area contributed by atoms with Crippen LogP contribution in [0.5, 0.6) is 0 Å². The average Bonchev–Trinajstić information content (AvgIpc) is 3.55. The number of aromatic nitrogens is 2. The van der Waals surface area contributed by atoms with Gasteiger partial charge in [-0.2, -0.15) is 0 Å². The first kappa shape index (κ1) is 27.7. The number of fused-ring (bicyclic) bond motifs is 1. The molecule has 0 aliphatic heterocycles. The number of thiazole rings is 1. The van der Waals surface area contributed by atoms with Crippen molar-refractivity contribution in [1.29, 1.82) is 0 Å². The third-order valence-electron chi connectivity index (χ3n) is 5.51. The summed E-state index contributed by atoms with van der Waals surface area (Å²) < 4.78 is 32.8. The summed E-state index contributed by atoms with van der Waals surface area (Å²) in [5, 5.41) is 8.32. The summed E-state index contributed by atoms with van der Waals surface area (Å²) in [7, 11) is -1.87. The molecule has 10 nitrogen and oxygen atoms in total. The maximum atomic E-state index is 12.7. The van der Waals surface area contributed by atoms with Gasteiger partial charge in [-0.1, -0.05) is 22.9 Å². The van der Waals surface area contributed by atoms with Gasteiger partial charge in [-0.25, -0.2) is 18.2 Å². The fraction of sp³-hybridized carbons (Fsp3) is 0.240. The van der Waals surface area contributed by atoms with Crippen LogP contribution in [-0.4, -0.2) is 62.5 Å². The Hall–Kier alpha value is -3.29. The number of nitrogens with one attached hydrogen (secondary N) is 3. The standard InChI is InChI=1S/C25H26ClN5O5S2/c1-36-13-10-27-9-4-14-38(34,35)18-6-8-21-22(16-18)37-25(28-21)30-24(33)29-23(32)19-15-17(5-7-20(19)26)31-11-2-3-12-31/h2-3,5-8,11-12,15-16,27H,4,9-10,13-14H2,1H3,(H2,28,29,30,32,33). The molecule has 0 atom stereocenters. The van der Waals surface area contributed by atoms with E-state index in [0.717, 1.165) is 11.3 Å². The Kier molecular flexibility index (Phi) is 9.13.